The third kappa shape index (κ3) is 2.12. The van der Waals surface area contributed by atoms with Crippen molar-refractivity contribution >= 4 is 17.8 Å². The van der Waals surface area contributed by atoms with E-state index in [1.54, 1.807) is 9.80 Å². The molecular formula is C15H22N2O4. The van der Waals surface area contributed by atoms with Crippen molar-refractivity contribution in [2.75, 3.05) is 26.2 Å². The first-order valence-electron chi connectivity index (χ1n) is 7.78. The van der Waals surface area contributed by atoms with E-state index in [4.69, 9.17) is 0 Å². The lowest BCUT2D eigenvalue weighted by molar-refractivity contribution is -0.149. The van der Waals surface area contributed by atoms with E-state index >= 15 is 0 Å². The topological polar surface area (TPSA) is 77.9 Å². The highest BCUT2D eigenvalue weighted by Crippen LogP contribution is 2.49. The molecule has 21 heavy (non-hydrogen) atoms. The molecule has 3 fully saturated rings. The maximum Gasteiger partial charge on any atom is 0.311 e. The van der Waals surface area contributed by atoms with Crippen LogP contribution in [0.25, 0.3) is 0 Å². The Labute approximate surface area is 124 Å². The van der Waals surface area contributed by atoms with Crippen LogP contribution in [0.1, 0.15) is 32.6 Å². The molecule has 0 aromatic carbocycles. The highest BCUT2D eigenvalue weighted by molar-refractivity contribution is 5.90. The van der Waals surface area contributed by atoms with Crippen molar-refractivity contribution in [1.29, 1.82) is 0 Å². The summed E-state index contributed by atoms with van der Waals surface area (Å²) >= 11 is 0. The largest absolute Gasteiger partial charge is 0.481 e. The van der Waals surface area contributed by atoms with E-state index in [-0.39, 0.29) is 30.1 Å². The van der Waals surface area contributed by atoms with Gasteiger partial charge in [0.25, 0.3) is 0 Å². The summed E-state index contributed by atoms with van der Waals surface area (Å²) in [6.07, 6.45) is 2.76. The molecule has 0 radical (unpaired) electrons. The van der Waals surface area contributed by atoms with E-state index in [1.165, 1.54) is 0 Å². The van der Waals surface area contributed by atoms with Crippen LogP contribution in [-0.2, 0) is 14.4 Å². The molecule has 1 aliphatic carbocycles. The van der Waals surface area contributed by atoms with Crippen LogP contribution >= 0.6 is 0 Å². The van der Waals surface area contributed by atoms with Crippen LogP contribution in [0.5, 0.6) is 0 Å². The third-order valence-electron chi connectivity index (χ3n) is 5.55. The summed E-state index contributed by atoms with van der Waals surface area (Å²) in [4.78, 5) is 39.4. The van der Waals surface area contributed by atoms with Crippen molar-refractivity contribution in [2.45, 2.75) is 32.6 Å². The Morgan fingerprint density at radius 2 is 2.14 bits per heavy atom. The minimum atomic E-state index is -0.766. The van der Waals surface area contributed by atoms with Crippen LogP contribution in [0.2, 0.25) is 0 Å². The van der Waals surface area contributed by atoms with Gasteiger partial charge in [-0.15, -0.1) is 0 Å². The predicted octanol–water partition coefficient (Wildman–Crippen LogP) is 0.568. The summed E-state index contributed by atoms with van der Waals surface area (Å²) in [6, 6.07) is 0. The number of hydrogen-bond donors (Lipinski definition) is 1. The molecule has 0 bridgehead atoms. The molecule has 0 spiro atoms. The van der Waals surface area contributed by atoms with Gasteiger partial charge >= 0.3 is 5.97 Å². The Hall–Kier alpha value is -1.59. The zero-order valence-corrected chi connectivity index (χ0v) is 12.4. The molecule has 6 nitrogen and oxygen atoms in total. The number of carboxylic acids is 1. The van der Waals surface area contributed by atoms with Gasteiger partial charge in [0.05, 0.1) is 11.3 Å². The molecule has 2 amide bonds. The number of carboxylic acid groups (broad SMARTS) is 1. The predicted molar refractivity (Wildman–Crippen MR) is 74.4 cm³/mol. The van der Waals surface area contributed by atoms with Crippen molar-refractivity contribution in [3.05, 3.63) is 0 Å². The maximum atomic E-state index is 12.6. The number of nitrogens with zero attached hydrogens (tertiary/aromatic N) is 2. The van der Waals surface area contributed by atoms with Gasteiger partial charge in [-0.1, -0.05) is 6.42 Å². The van der Waals surface area contributed by atoms with Crippen LogP contribution in [-0.4, -0.2) is 58.9 Å². The molecule has 6 heteroatoms. The standard InChI is InChI=1S/C15H22N2O4/c1-2-16-7-10(6-12(16)18)13(19)17-8-11-4-3-5-15(11,9-17)14(20)21/h10-11H,2-9H2,1H3,(H,20,21)/t10?,11-,15+/m0/s1. The molecule has 1 N–H and O–H groups in total. The van der Waals surface area contributed by atoms with E-state index in [0.717, 1.165) is 12.8 Å². The van der Waals surface area contributed by atoms with E-state index in [0.29, 0.717) is 32.6 Å². The Morgan fingerprint density at radius 1 is 1.38 bits per heavy atom. The SMILES string of the molecule is CCN1CC(C(=O)N2C[C@@H]3CCC[C@@]3(C(=O)O)C2)CC1=O. The quantitative estimate of drug-likeness (QED) is 0.825. The van der Waals surface area contributed by atoms with Gasteiger partial charge in [-0.25, -0.2) is 0 Å². The Bertz CT molecular complexity index is 492. The average Bonchev–Trinajstić information content (AvgIpc) is 3.08. The molecule has 0 aromatic rings. The normalized spacial score (nSPS) is 35.4. The zero-order chi connectivity index (χ0) is 15.2. The van der Waals surface area contributed by atoms with Crippen LogP contribution in [0.3, 0.4) is 0 Å². The van der Waals surface area contributed by atoms with Gasteiger partial charge in [0, 0.05) is 32.6 Å². The fraction of sp³-hybridized carbons (Fsp3) is 0.800. The van der Waals surface area contributed by atoms with Crippen LogP contribution in [0, 0.1) is 17.3 Å². The number of aliphatic carboxylic acids is 1. The molecule has 3 aliphatic rings. The van der Waals surface area contributed by atoms with Crippen molar-refractivity contribution in [3.63, 3.8) is 0 Å². The molecule has 2 saturated heterocycles. The van der Waals surface area contributed by atoms with E-state index in [1.807, 2.05) is 6.92 Å². The summed E-state index contributed by atoms with van der Waals surface area (Å²) in [6.45, 7) is 3.88. The first kappa shape index (κ1) is 14.4. The first-order valence-corrected chi connectivity index (χ1v) is 7.78. The molecule has 1 unspecified atom stereocenters. The number of carbonyl (C=O) groups is 3. The number of rotatable bonds is 3. The lowest BCUT2D eigenvalue weighted by atomic mass is 9.81. The van der Waals surface area contributed by atoms with Gasteiger partial charge in [0.15, 0.2) is 0 Å². The van der Waals surface area contributed by atoms with Gasteiger partial charge in [0.2, 0.25) is 11.8 Å². The Kier molecular flexibility index (Phi) is 3.42. The number of likely N-dealkylation sites (tertiary alicyclic amines) is 2. The van der Waals surface area contributed by atoms with Gasteiger partial charge < -0.3 is 14.9 Å². The maximum absolute atomic E-state index is 12.6. The highest BCUT2D eigenvalue weighted by atomic mass is 16.4. The van der Waals surface area contributed by atoms with E-state index < -0.39 is 11.4 Å². The Morgan fingerprint density at radius 3 is 2.71 bits per heavy atom. The van der Waals surface area contributed by atoms with Crippen LogP contribution in [0.4, 0.5) is 0 Å². The number of hydrogen-bond acceptors (Lipinski definition) is 3. The Balaban J connectivity index is 1.71. The summed E-state index contributed by atoms with van der Waals surface area (Å²) in [5, 5.41) is 9.56. The fourth-order valence-corrected chi connectivity index (χ4v) is 4.31. The monoisotopic (exact) mass is 294 g/mol. The molecular weight excluding hydrogens is 272 g/mol. The second-order valence-corrected chi connectivity index (χ2v) is 6.60. The van der Waals surface area contributed by atoms with E-state index in [9.17, 15) is 19.5 Å². The summed E-state index contributed by atoms with van der Waals surface area (Å²) in [7, 11) is 0. The van der Waals surface area contributed by atoms with Gasteiger partial charge in [0.1, 0.15) is 0 Å². The van der Waals surface area contributed by atoms with Gasteiger partial charge in [-0.2, -0.15) is 0 Å². The molecule has 1 saturated carbocycles. The second kappa shape index (κ2) is 5.00. The van der Waals surface area contributed by atoms with Crippen molar-refractivity contribution < 1.29 is 19.5 Å². The highest BCUT2D eigenvalue weighted by Gasteiger charge is 2.56. The minimum absolute atomic E-state index is 0.0307. The first-order chi connectivity index (χ1) is 9.98. The second-order valence-electron chi connectivity index (χ2n) is 6.60. The summed E-state index contributed by atoms with van der Waals surface area (Å²) in [5.74, 6) is -0.976. The molecule has 2 aliphatic heterocycles. The van der Waals surface area contributed by atoms with Crippen molar-refractivity contribution in [2.24, 2.45) is 17.3 Å². The van der Waals surface area contributed by atoms with Crippen molar-refractivity contribution in [3.8, 4) is 0 Å². The number of carbonyl (C=O) groups excluding carboxylic acids is 2. The smallest absolute Gasteiger partial charge is 0.311 e. The lowest BCUT2D eigenvalue weighted by Gasteiger charge is -2.24. The van der Waals surface area contributed by atoms with Crippen LogP contribution < -0.4 is 0 Å². The lowest BCUT2D eigenvalue weighted by Crippen LogP contribution is -2.40. The molecule has 3 atom stereocenters. The zero-order valence-electron chi connectivity index (χ0n) is 12.4. The van der Waals surface area contributed by atoms with E-state index in [2.05, 4.69) is 0 Å². The summed E-state index contributed by atoms with van der Waals surface area (Å²) < 4.78 is 0. The molecule has 0 aromatic heterocycles. The minimum Gasteiger partial charge on any atom is -0.481 e. The fourth-order valence-electron chi connectivity index (χ4n) is 4.31. The average molecular weight is 294 g/mol. The number of amides is 2. The third-order valence-corrected chi connectivity index (χ3v) is 5.55. The molecule has 116 valence electrons. The van der Waals surface area contributed by atoms with Crippen LogP contribution in [0.15, 0.2) is 0 Å². The van der Waals surface area contributed by atoms with Gasteiger partial charge in [-0.05, 0) is 25.7 Å². The molecule has 2 heterocycles. The number of fused-ring (bicyclic) bond motifs is 1. The summed E-state index contributed by atoms with van der Waals surface area (Å²) in [5.41, 5.74) is -0.733. The van der Waals surface area contributed by atoms with Gasteiger partial charge in [-0.3, -0.25) is 14.4 Å². The molecule has 3 rings (SSSR count). The van der Waals surface area contributed by atoms with Crippen molar-refractivity contribution in [1.82, 2.24) is 9.80 Å².